The molecule has 0 bridgehead atoms. The zero-order valence-electron chi connectivity index (χ0n) is 18.1. The first-order chi connectivity index (χ1) is 15.1. The Balaban J connectivity index is 1.99. The number of benzene rings is 2. The summed E-state index contributed by atoms with van der Waals surface area (Å²) in [6, 6.07) is 14.5. The monoisotopic (exact) mass is 424 g/mol. The molecule has 1 aliphatic heterocycles. The SMILES string of the molecule is CCOc1ccc(C2=C(Nc3ccccc3OCC)C(=O)N(CCCOC)C2=O)cc1. The molecule has 0 saturated carbocycles. The van der Waals surface area contributed by atoms with Crippen molar-refractivity contribution < 1.29 is 23.8 Å². The molecule has 3 rings (SSSR count). The van der Waals surface area contributed by atoms with Gasteiger partial charge in [-0.25, -0.2) is 0 Å². The normalized spacial score (nSPS) is 13.7. The molecule has 0 radical (unpaired) electrons. The van der Waals surface area contributed by atoms with Crippen molar-refractivity contribution in [1.82, 2.24) is 4.90 Å². The summed E-state index contributed by atoms with van der Waals surface area (Å²) >= 11 is 0. The highest BCUT2D eigenvalue weighted by Gasteiger charge is 2.39. The zero-order chi connectivity index (χ0) is 22.2. The van der Waals surface area contributed by atoms with E-state index in [1.54, 1.807) is 31.4 Å². The van der Waals surface area contributed by atoms with Crippen molar-refractivity contribution in [1.29, 1.82) is 0 Å². The lowest BCUT2D eigenvalue weighted by Gasteiger charge is -2.15. The summed E-state index contributed by atoms with van der Waals surface area (Å²) in [4.78, 5) is 27.7. The van der Waals surface area contributed by atoms with Crippen LogP contribution in [0.2, 0.25) is 0 Å². The van der Waals surface area contributed by atoms with E-state index in [2.05, 4.69) is 5.32 Å². The number of para-hydroxylation sites is 2. The summed E-state index contributed by atoms with van der Waals surface area (Å²) in [6.07, 6.45) is 0.563. The molecule has 0 unspecified atom stereocenters. The van der Waals surface area contributed by atoms with Gasteiger partial charge in [0.1, 0.15) is 17.2 Å². The van der Waals surface area contributed by atoms with E-state index in [1.165, 1.54) is 4.90 Å². The van der Waals surface area contributed by atoms with Crippen LogP contribution >= 0.6 is 0 Å². The van der Waals surface area contributed by atoms with Crippen molar-refractivity contribution in [3.63, 3.8) is 0 Å². The predicted molar refractivity (Wildman–Crippen MR) is 119 cm³/mol. The Morgan fingerprint density at radius 3 is 2.29 bits per heavy atom. The first kappa shape index (κ1) is 22.4. The van der Waals surface area contributed by atoms with Crippen molar-refractivity contribution >= 4 is 23.1 Å². The summed E-state index contributed by atoms with van der Waals surface area (Å²) in [6.45, 7) is 5.58. The summed E-state index contributed by atoms with van der Waals surface area (Å²) in [5.74, 6) is 0.622. The molecular formula is C24H28N2O5. The fourth-order valence-electron chi connectivity index (χ4n) is 3.40. The minimum absolute atomic E-state index is 0.235. The lowest BCUT2D eigenvalue weighted by Crippen LogP contribution is -2.33. The molecular weight excluding hydrogens is 396 g/mol. The Morgan fingerprint density at radius 2 is 1.61 bits per heavy atom. The van der Waals surface area contributed by atoms with Gasteiger partial charge in [-0.05, 0) is 50.1 Å². The first-order valence-electron chi connectivity index (χ1n) is 10.4. The summed E-state index contributed by atoms with van der Waals surface area (Å²) < 4.78 is 16.2. The predicted octanol–water partition coefficient (Wildman–Crippen LogP) is 3.71. The van der Waals surface area contributed by atoms with Crippen LogP contribution in [0.3, 0.4) is 0 Å². The van der Waals surface area contributed by atoms with Crippen molar-refractivity contribution in [3.8, 4) is 11.5 Å². The highest BCUT2D eigenvalue weighted by Crippen LogP contribution is 2.34. The van der Waals surface area contributed by atoms with E-state index in [4.69, 9.17) is 14.2 Å². The van der Waals surface area contributed by atoms with E-state index in [1.807, 2.05) is 38.1 Å². The topological polar surface area (TPSA) is 77.1 Å². The van der Waals surface area contributed by atoms with E-state index in [0.29, 0.717) is 54.6 Å². The lowest BCUT2D eigenvalue weighted by atomic mass is 10.0. The number of nitrogens with one attached hydrogen (secondary N) is 1. The van der Waals surface area contributed by atoms with E-state index >= 15 is 0 Å². The van der Waals surface area contributed by atoms with E-state index < -0.39 is 0 Å². The second-order valence-electron chi connectivity index (χ2n) is 6.87. The lowest BCUT2D eigenvalue weighted by molar-refractivity contribution is -0.136. The third-order valence-corrected chi connectivity index (χ3v) is 4.80. The van der Waals surface area contributed by atoms with Gasteiger partial charge in [0, 0.05) is 20.3 Å². The molecule has 2 amide bonds. The van der Waals surface area contributed by atoms with Gasteiger partial charge in [0.05, 0.1) is 24.5 Å². The first-order valence-corrected chi connectivity index (χ1v) is 10.4. The number of hydrogen-bond acceptors (Lipinski definition) is 6. The van der Waals surface area contributed by atoms with Crippen LogP contribution in [0.4, 0.5) is 5.69 Å². The van der Waals surface area contributed by atoms with E-state index in [9.17, 15) is 9.59 Å². The maximum absolute atomic E-state index is 13.2. The Bertz CT molecular complexity index is 953. The number of imide groups is 1. The largest absolute Gasteiger partial charge is 0.494 e. The van der Waals surface area contributed by atoms with Crippen LogP contribution < -0.4 is 14.8 Å². The minimum Gasteiger partial charge on any atom is -0.494 e. The Labute approximate surface area is 182 Å². The number of methoxy groups -OCH3 is 1. The molecule has 7 heteroatoms. The second kappa shape index (κ2) is 10.6. The minimum atomic E-state index is -0.365. The average Bonchev–Trinajstić information content (AvgIpc) is 3.00. The third kappa shape index (κ3) is 5.06. The highest BCUT2D eigenvalue weighted by molar-refractivity contribution is 6.36. The molecule has 1 aliphatic rings. The van der Waals surface area contributed by atoms with Gasteiger partial charge in [0.2, 0.25) is 0 Å². The van der Waals surface area contributed by atoms with Crippen molar-refractivity contribution in [3.05, 3.63) is 59.8 Å². The van der Waals surface area contributed by atoms with Gasteiger partial charge < -0.3 is 19.5 Å². The van der Waals surface area contributed by atoms with Crippen LogP contribution in [-0.2, 0) is 14.3 Å². The average molecular weight is 424 g/mol. The number of anilines is 1. The molecule has 0 saturated heterocycles. The third-order valence-electron chi connectivity index (χ3n) is 4.80. The zero-order valence-corrected chi connectivity index (χ0v) is 18.1. The van der Waals surface area contributed by atoms with Crippen LogP contribution in [0, 0.1) is 0 Å². The second-order valence-corrected chi connectivity index (χ2v) is 6.87. The molecule has 31 heavy (non-hydrogen) atoms. The molecule has 2 aromatic carbocycles. The van der Waals surface area contributed by atoms with Gasteiger partial charge >= 0.3 is 0 Å². The number of ether oxygens (including phenoxy) is 3. The molecule has 1 N–H and O–H groups in total. The maximum Gasteiger partial charge on any atom is 0.278 e. The molecule has 0 spiro atoms. The van der Waals surface area contributed by atoms with Crippen molar-refractivity contribution in [2.45, 2.75) is 20.3 Å². The quantitative estimate of drug-likeness (QED) is 0.438. The van der Waals surface area contributed by atoms with Gasteiger partial charge in [-0.2, -0.15) is 0 Å². The Hall–Kier alpha value is -3.32. The number of nitrogens with zero attached hydrogens (tertiary/aromatic N) is 1. The number of carbonyl (C=O) groups excluding carboxylic acids is 2. The highest BCUT2D eigenvalue weighted by atomic mass is 16.5. The number of rotatable bonds is 11. The molecule has 0 aromatic heterocycles. The summed E-state index contributed by atoms with van der Waals surface area (Å²) in [7, 11) is 1.59. The van der Waals surface area contributed by atoms with Gasteiger partial charge in [0.15, 0.2) is 0 Å². The van der Waals surface area contributed by atoms with Crippen LogP contribution in [0.1, 0.15) is 25.8 Å². The van der Waals surface area contributed by atoms with Crippen LogP contribution in [-0.4, -0.2) is 50.2 Å². The summed E-state index contributed by atoms with van der Waals surface area (Å²) in [5, 5.41) is 3.16. The Kier molecular flexibility index (Phi) is 7.67. The van der Waals surface area contributed by atoms with Crippen molar-refractivity contribution in [2.24, 2.45) is 0 Å². The number of hydrogen-bond donors (Lipinski definition) is 1. The van der Waals surface area contributed by atoms with Gasteiger partial charge in [0.25, 0.3) is 11.8 Å². The summed E-state index contributed by atoms with van der Waals surface area (Å²) in [5.41, 5.74) is 1.84. The number of carbonyl (C=O) groups is 2. The van der Waals surface area contributed by atoms with Gasteiger partial charge in [-0.1, -0.05) is 24.3 Å². The maximum atomic E-state index is 13.2. The molecule has 0 atom stereocenters. The molecule has 164 valence electrons. The van der Waals surface area contributed by atoms with Crippen molar-refractivity contribution in [2.75, 3.05) is 38.8 Å². The molecule has 1 heterocycles. The molecule has 2 aromatic rings. The van der Waals surface area contributed by atoms with Crippen LogP contribution in [0.15, 0.2) is 54.2 Å². The molecule has 0 aliphatic carbocycles. The van der Waals surface area contributed by atoms with E-state index in [-0.39, 0.29) is 24.1 Å². The molecule has 7 nitrogen and oxygen atoms in total. The van der Waals surface area contributed by atoms with Crippen LogP contribution in [0.25, 0.3) is 5.57 Å². The molecule has 0 fully saturated rings. The number of amides is 2. The fourth-order valence-corrected chi connectivity index (χ4v) is 3.40. The van der Waals surface area contributed by atoms with Crippen LogP contribution in [0.5, 0.6) is 11.5 Å². The van der Waals surface area contributed by atoms with E-state index in [0.717, 1.165) is 0 Å². The van der Waals surface area contributed by atoms with Gasteiger partial charge in [-0.3, -0.25) is 14.5 Å². The fraction of sp³-hybridized carbons (Fsp3) is 0.333. The standard InChI is InChI=1S/C24H28N2O5/c1-4-30-18-13-11-17(12-14-18)21-22(24(28)26(23(21)27)15-8-16-29-3)25-19-9-6-7-10-20(19)31-5-2/h6-7,9-14,25H,4-5,8,15-16H2,1-3H3. The smallest absolute Gasteiger partial charge is 0.278 e. The Morgan fingerprint density at radius 1 is 0.903 bits per heavy atom. The van der Waals surface area contributed by atoms with Gasteiger partial charge in [-0.15, -0.1) is 0 Å².